The molecule has 14 heavy (non-hydrogen) atoms. The van der Waals surface area contributed by atoms with Crippen LogP contribution in [0, 0.1) is 0 Å². The predicted molar refractivity (Wildman–Crippen MR) is 58.8 cm³/mol. The van der Waals surface area contributed by atoms with Crippen molar-refractivity contribution in [1.29, 1.82) is 0 Å². The topological polar surface area (TPSA) is 61.3 Å². The fourth-order valence-electron chi connectivity index (χ4n) is 1.13. The monoisotopic (exact) mass is 194 g/mol. The van der Waals surface area contributed by atoms with Crippen LogP contribution in [-0.2, 0) is 11.3 Å². The van der Waals surface area contributed by atoms with Crippen molar-refractivity contribution in [3.8, 4) is 0 Å². The van der Waals surface area contributed by atoms with Crippen LogP contribution >= 0.6 is 0 Å². The van der Waals surface area contributed by atoms with Crippen molar-refractivity contribution < 1.29 is 4.74 Å². The van der Waals surface area contributed by atoms with Crippen LogP contribution in [0.3, 0.4) is 0 Å². The summed E-state index contributed by atoms with van der Waals surface area (Å²) in [7, 11) is 0. The van der Waals surface area contributed by atoms with Crippen LogP contribution in [0.2, 0.25) is 0 Å². The summed E-state index contributed by atoms with van der Waals surface area (Å²) in [6.07, 6.45) is 0.941. The van der Waals surface area contributed by atoms with Crippen molar-refractivity contribution in [2.75, 3.05) is 12.3 Å². The molecule has 4 N–H and O–H groups in total. The Morgan fingerprint density at radius 1 is 1.43 bits per heavy atom. The first-order chi connectivity index (χ1) is 6.72. The fourth-order valence-corrected chi connectivity index (χ4v) is 1.13. The number of hydrogen-bond donors (Lipinski definition) is 2. The molecule has 0 amide bonds. The van der Waals surface area contributed by atoms with Crippen LogP contribution in [-0.4, -0.2) is 12.6 Å². The van der Waals surface area contributed by atoms with Crippen LogP contribution in [0.4, 0.5) is 5.69 Å². The molecule has 0 radical (unpaired) electrons. The molecule has 0 bridgehead atoms. The van der Waals surface area contributed by atoms with E-state index < -0.39 is 0 Å². The summed E-state index contributed by atoms with van der Waals surface area (Å²) in [5, 5.41) is 0. The normalized spacial score (nSPS) is 12.7. The SMILES string of the molecule is CCC(N)COCc1cccc(N)c1. The fraction of sp³-hybridized carbons (Fsp3) is 0.455. The van der Waals surface area contributed by atoms with Crippen molar-refractivity contribution in [3.05, 3.63) is 29.8 Å². The van der Waals surface area contributed by atoms with Gasteiger partial charge in [0, 0.05) is 11.7 Å². The van der Waals surface area contributed by atoms with Crippen molar-refractivity contribution in [2.45, 2.75) is 26.0 Å². The Bertz CT molecular complexity index is 276. The Balaban J connectivity index is 2.31. The van der Waals surface area contributed by atoms with Crippen LogP contribution in [0.15, 0.2) is 24.3 Å². The van der Waals surface area contributed by atoms with Gasteiger partial charge in [0.25, 0.3) is 0 Å². The van der Waals surface area contributed by atoms with Crippen molar-refractivity contribution >= 4 is 5.69 Å². The highest BCUT2D eigenvalue weighted by molar-refractivity contribution is 5.40. The second-order valence-corrected chi connectivity index (χ2v) is 3.43. The minimum Gasteiger partial charge on any atom is -0.399 e. The maximum absolute atomic E-state index is 5.72. The van der Waals surface area contributed by atoms with Gasteiger partial charge >= 0.3 is 0 Å². The molecule has 3 nitrogen and oxygen atoms in total. The summed E-state index contributed by atoms with van der Waals surface area (Å²) in [5.41, 5.74) is 13.2. The number of ether oxygens (including phenoxy) is 1. The van der Waals surface area contributed by atoms with Gasteiger partial charge in [-0.25, -0.2) is 0 Å². The van der Waals surface area contributed by atoms with E-state index in [1.165, 1.54) is 0 Å². The Hall–Kier alpha value is -1.06. The standard InChI is InChI=1S/C11H18N2O/c1-2-10(12)8-14-7-9-4-3-5-11(13)6-9/h3-6,10H,2,7-8,12-13H2,1H3. The van der Waals surface area contributed by atoms with E-state index in [1.807, 2.05) is 24.3 Å². The summed E-state index contributed by atoms with van der Waals surface area (Å²) in [6.45, 7) is 3.23. The molecule has 1 atom stereocenters. The lowest BCUT2D eigenvalue weighted by Crippen LogP contribution is -2.24. The summed E-state index contributed by atoms with van der Waals surface area (Å²) in [6, 6.07) is 7.83. The molecule has 0 spiro atoms. The van der Waals surface area contributed by atoms with Crippen molar-refractivity contribution in [1.82, 2.24) is 0 Å². The summed E-state index contributed by atoms with van der Waals surface area (Å²) < 4.78 is 5.45. The maximum Gasteiger partial charge on any atom is 0.0718 e. The molecule has 1 rings (SSSR count). The van der Waals surface area contributed by atoms with Crippen LogP contribution in [0.1, 0.15) is 18.9 Å². The molecule has 3 heteroatoms. The minimum atomic E-state index is 0.135. The van der Waals surface area contributed by atoms with E-state index >= 15 is 0 Å². The zero-order valence-electron chi connectivity index (χ0n) is 8.57. The third kappa shape index (κ3) is 3.77. The highest BCUT2D eigenvalue weighted by Crippen LogP contribution is 2.07. The maximum atomic E-state index is 5.72. The van der Waals surface area contributed by atoms with Gasteiger partial charge in [0.1, 0.15) is 0 Å². The number of hydrogen-bond acceptors (Lipinski definition) is 3. The smallest absolute Gasteiger partial charge is 0.0718 e. The third-order valence-electron chi connectivity index (χ3n) is 2.08. The highest BCUT2D eigenvalue weighted by Gasteiger charge is 1.99. The van der Waals surface area contributed by atoms with E-state index in [4.69, 9.17) is 16.2 Å². The Morgan fingerprint density at radius 2 is 2.21 bits per heavy atom. The first-order valence-electron chi connectivity index (χ1n) is 4.90. The van der Waals surface area contributed by atoms with E-state index in [-0.39, 0.29) is 6.04 Å². The third-order valence-corrected chi connectivity index (χ3v) is 2.08. The van der Waals surface area contributed by atoms with E-state index in [0.29, 0.717) is 13.2 Å². The van der Waals surface area contributed by atoms with Crippen LogP contribution in [0.25, 0.3) is 0 Å². The van der Waals surface area contributed by atoms with Gasteiger partial charge < -0.3 is 16.2 Å². The molecule has 0 aliphatic rings. The van der Waals surface area contributed by atoms with Gasteiger partial charge in [-0.15, -0.1) is 0 Å². The molecule has 0 saturated carbocycles. The Morgan fingerprint density at radius 3 is 2.86 bits per heavy atom. The highest BCUT2D eigenvalue weighted by atomic mass is 16.5. The zero-order chi connectivity index (χ0) is 10.4. The Kier molecular flexibility index (Phi) is 4.43. The van der Waals surface area contributed by atoms with Gasteiger partial charge in [-0.3, -0.25) is 0 Å². The number of anilines is 1. The molecule has 0 heterocycles. The van der Waals surface area contributed by atoms with Crippen LogP contribution in [0.5, 0.6) is 0 Å². The molecule has 0 aliphatic heterocycles. The molecule has 1 aromatic carbocycles. The zero-order valence-corrected chi connectivity index (χ0v) is 8.57. The van der Waals surface area contributed by atoms with Gasteiger partial charge in [0.15, 0.2) is 0 Å². The molecule has 1 aromatic rings. The molecular formula is C11H18N2O. The molecule has 0 saturated heterocycles. The average molecular weight is 194 g/mol. The predicted octanol–water partition coefficient (Wildman–Crippen LogP) is 1.52. The lowest BCUT2D eigenvalue weighted by Gasteiger charge is -2.09. The average Bonchev–Trinajstić information content (AvgIpc) is 2.17. The number of nitrogens with two attached hydrogens (primary N) is 2. The van der Waals surface area contributed by atoms with Gasteiger partial charge in [0.05, 0.1) is 13.2 Å². The minimum absolute atomic E-state index is 0.135. The molecule has 1 unspecified atom stereocenters. The summed E-state index contributed by atoms with van der Waals surface area (Å²) in [4.78, 5) is 0. The lowest BCUT2D eigenvalue weighted by molar-refractivity contribution is 0.107. The van der Waals surface area contributed by atoms with Gasteiger partial charge in [-0.2, -0.15) is 0 Å². The van der Waals surface area contributed by atoms with Gasteiger partial charge in [-0.1, -0.05) is 19.1 Å². The lowest BCUT2D eigenvalue weighted by atomic mass is 10.2. The van der Waals surface area contributed by atoms with E-state index in [1.54, 1.807) is 0 Å². The molecular weight excluding hydrogens is 176 g/mol. The number of nitrogen functional groups attached to an aromatic ring is 1. The first-order valence-corrected chi connectivity index (χ1v) is 4.90. The summed E-state index contributed by atoms with van der Waals surface area (Å²) in [5.74, 6) is 0. The molecule has 0 fully saturated rings. The van der Waals surface area contributed by atoms with Crippen molar-refractivity contribution in [2.24, 2.45) is 5.73 Å². The second kappa shape index (κ2) is 5.62. The molecule has 0 aromatic heterocycles. The van der Waals surface area contributed by atoms with E-state index in [9.17, 15) is 0 Å². The van der Waals surface area contributed by atoms with E-state index in [2.05, 4.69) is 6.92 Å². The molecule has 0 aliphatic carbocycles. The summed E-state index contributed by atoms with van der Waals surface area (Å²) >= 11 is 0. The molecule has 78 valence electrons. The number of benzene rings is 1. The van der Waals surface area contributed by atoms with Crippen LogP contribution < -0.4 is 11.5 Å². The first kappa shape index (κ1) is 11.0. The van der Waals surface area contributed by atoms with E-state index in [0.717, 1.165) is 17.7 Å². The number of rotatable bonds is 5. The second-order valence-electron chi connectivity index (χ2n) is 3.43. The van der Waals surface area contributed by atoms with Crippen molar-refractivity contribution in [3.63, 3.8) is 0 Å². The quantitative estimate of drug-likeness (QED) is 0.699. The largest absolute Gasteiger partial charge is 0.399 e. The van der Waals surface area contributed by atoms with Gasteiger partial charge in [0.2, 0.25) is 0 Å². The van der Waals surface area contributed by atoms with Gasteiger partial charge in [-0.05, 0) is 24.1 Å². The Labute approximate surface area is 85.0 Å².